The molecule has 7 heteroatoms. The first-order valence-electron chi connectivity index (χ1n) is 5.18. The third-order valence-electron chi connectivity index (χ3n) is 2.67. The molecule has 3 rings (SSSR count). The number of anilines is 1. The van der Waals surface area contributed by atoms with Crippen LogP contribution in [0.1, 0.15) is 0 Å². The molecule has 92 valence electrons. The first-order valence-corrected chi connectivity index (χ1v) is 5.97. The summed E-state index contributed by atoms with van der Waals surface area (Å²) in [5.74, 6) is -0.0613. The van der Waals surface area contributed by atoms with Crippen LogP contribution in [0.3, 0.4) is 0 Å². The molecule has 0 radical (unpaired) electrons. The minimum Gasteiger partial charge on any atom is -0.369 e. The van der Waals surface area contributed by atoms with Gasteiger partial charge < -0.3 is 5.73 Å². The highest BCUT2D eigenvalue weighted by molar-refractivity contribution is 9.10. The van der Waals surface area contributed by atoms with Gasteiger partial charge in [0.25, 0.3) is 0 Å². The summed E-state index contributed by atoms with van der Waals surface area (Å²) in [5, 5.41) is 4.09. The van der Waals surface area contributed by atoms with Crippen molar-refractivity contribution in [3.05, 3.63) is 34.8 Å². The number of nitrogens with zero attached hydrogens (tertiary/aromatic N) is 4. The molecular weight excluding hydrogens is 301 g/mol. The zero-order valence-corrected chi connectivity index (χ0v) is 11.0. The normalized spacial score (nSPS) is 11.3. The molecule has 0 saturated heterocycles. The van der Waals surface area contributed by atoms with Gasteiger partial charge in [-0.1, -0.05) is 0 Å². The summed E-state index contributed by atoms with van der Waals surface area (Å²) in [7, 11) is 1.81. The van der Waals surface area contributed by atoms with Gasteiger partial charge in [-0.15, -0.1) is 0 Å². The van der Waals surface area contributed by atoms with Crippen LogP contribution in [0.2, 0.25) is 0 Å². The maximum atomic E-state index is 13.4. The number of imidazole rings is 1. The maximum Gasteiger partial charge on any atom is 0.206 e. The van der Waals surface area contributed by atoms with Crippen LogP contribution < -0.4 is 5.73 Å². The van der Waals surface area contributed by atoms with Crippen LogP contribution in [0.15, 0.2) is 29.0 Å². The lowest BCUT2D eigenvalue weighted by Gasteiger charge is -2.02. The third-order valence-corrected chi connectivity index (χ3v) is 3.28. The monoisotopic (exact) mass is 309 g/mol. The number of aryl methyl sites for hydroxylation is 1. The fourth-order valence-electron chi connectivity index (χ4n) is 1.89. The Balaban J connectivity index is 2.35. The largest absolute Gasteiger partial charge is 0.369 e. The van der Waals surface area contributed by atoms with Crippen molar-refractivity contribution in [2.24, 2.45) is 7.05 Å². The molecule has 0 spiro atoms. The van der Waals surface area contributed by atoms with Crippen LogP contribution in [0.5, 0.6) is 0 Å². The standard InChI is InChI=1S/C11H9BrFN5/c1-17-5-6(4-15-17)18-10-2-7(12)8(13)3-9(10)16-11(18)14/h2-5H,1H3,(H2,14,16). The van der Waals surface area contributed by atoms with E-state index in [2.05, 4.69) is 26.0 Å². The van der Waals surface area contributed by atoms with E-state index < -0.39 is 0 Å². The number of nitrogens with two attached hydrogens (primary N) is 1. The van der Waals surface area contributed by atoms with Crippen LogP contribution in [0, 0.1) is 5.82 Å². The van der Waals surface area contributed by atoms with Gasteiger partial charge in [0.15, 0.2) is 0 Å². The lowest BCUT2D eigenvalue weighted by Crippen LogP contribution is -1.99. The van der Waals surface area contributed by atoms with Crippen molar-refractivity contribution in [1.29, 1.82) is 0 Å². The van der Waals surface area contributed by atoms with Crippen LogP contribution in [-0.2, 0) is 7.05 Å². The molecule has 0 aliphatic carbocycles. The summed E-state index contributed by atoms with van der Waals surface area (Å²) in [4.78, 5) is 4.14. The van der Waals surface area contributed by atoms with Crippen LogP contribution in [-0.4, -0.2) is 19.3 Å². The fourth-order valence-corrected chi connectivity index (χ4v) is 2.22. The highest BCUT2D eigenvalue weighted by atomic mass is 79.9. The Kier molecular flexibility index (Phi) is 2.37. The Morgan fingerprint density at radius 2 is 2.17 bits per heavy atom. The van der Waals surface area contributed by atoms with Gasteiger partial charge in [-0.05, 0) is 22.0 Å². The van der Waals surface area contributed by atoms with E-state index in [1.165, 1.54) is 6.07 Å². The molecule has 1 aromatic carbocycles. The number of hydrogen-bond acceptors (Lipinski definition) is 3. The number of aromatic nitrogens is 4. The predicted molar refractivity (Wildman–Crippen MR) is 69.9 cm³/mol. The van der Waals surface area contributed by atoms with Crippen molar-refractivity contribution in [1.82, 2.24) is 19.3 Å². The molecule has 18 heavy (non-hydrogen) atoms. The second kappa shape index (κ2) is 3.81. The van der Waals surface area contributed by atoms with E-state index in [0.29, 0.717) is 15.9 Å². The van der Waals surface area contributed by atoms with E-state index in [0.717, 1.165) is 11.2 Å². The summed E-state index contributed by atoms with van der Waals surface area (Å²) in [6, 6.07) is 3.00. The first-order chi connectivity index (χ1) is 8.56. The molecule has 2 aromatic heterocycles. The molecule has 0 aliphatic heterocycles. The second-order valence-corrected chi connectivity index (χ2v) is 4.79. The van der Waals surface area contributed by atoms with Crippen molar-refractivity contribution in [3.8, 4) is 5.69 Å². The Morgan fingerprint density at radius 3 is 2.83 bits per heavy atom. The zero-order valence-electron chi connectivity index (χ0n) is 9.43. The number of benzene rings is 1. The average molecular weight is 310 g/mol. The molecule has 0 saturated carbocycles. The first kappa shape index (κ1) is 11.2. The van der Waals surface area contributed by atoms with Crippen molar-refractivity contribution in [3.63, 3.8) is 0 Å². The van der Waals surface area contributed by atoms with Gasteiger partial charge in [0.05, 0.1) is 27.4 Å². The minimum atomic E-state index is -0.363. The summed E-state index contributed by atoms with van der Waals surface area (Å²) < 4.78 is 17.2. The lowest BCUT2D eigenvalue weighted by atomic mass is 10.3. The Morgan fingerprint density at radius 1 is 1.39 bits per heavy atom. The van der Waals surface area contributed by atoms with E-state index in [9.17, 15) is 4.39 Å². The van der Waals surface area contributed by atoms with Gasteiger partial charge in [0, 0.05) is 19.3 Å². The van der Waals surface area contributed by atoms with Crippen molar-refractivity contribution >= 4 is 32.9 Å². The number of nitrogen functional groups attached to an aromatic ring is 1. The van der Waals surface area contributed by atoms with Crippen molar-refractivity contribution in [2.45, 2.75) is 0 Å². The second-order valence-electron chi connectivity index (χ2n) is 3.93. The average Bonchev–Trinajstić information content (AvgIpc) is 2.83. The summed E-state index contributed by atoms with van der Waals surface area (Å²) in [6.45, 7) is 0. The summed E-state index contributed by atoms with van der Waals surface area (Å²) >= 11 is 3.16. The molecule has 0 unspecified atom stereocenters. The lowest BCUT2D eigenvalue weighted by molar-refractivity contribution is 0.623. The van der Waals surface area contributed by atoms with Crippen molar-refractivity contribution in [2.75, 3.05) is 5.73 Å². The Hall–Kier alpha value is -1.89. The Labute approximate surface area is 110 Å². The van der Waals surface area contributed by atoms with Gasteiger partial charge in [-0.25, -0.2) is 9.37 Å². The molecule has 2 heterocycles. The molecule has 0 bridgehead atoms. The zero-order chi connectivity index (χ0) is 12.9. The van der Waals surface area contributed by atoms with E-state index in [1.54, 1.807) is 21.5 Å². The van der Waals surface area contributed by atoms with E-state index in [1.807, 2.05) is 13.2 Å². The van der Waals surface area contributed by atoms with E-state index >= 15 is 0 Å². The van der Waals surface area contributed by atoms with Crippen LogP contribution in [0.25, 0.3) is 16.7 Å². The summed E-state index contributed by atoms with van der Waals surface area (Å²) in [5.41, 5.74) is 7.90. The molecule has 3 aromatic rings. The topological polar surface area (TPSA) is 61.7 Å². The summed E-state index contributed by atoms with van der Waals surface area (Å²) in [6.07, 6.45) is 3.49. The number of rotatable bonds is 1. The third kappa shape index (κ3) is 1.59. The SMILES string of the molecule is Cn1cc(-n2c(N)nc3cc(F)c(Br)cc32)cn1. The number of hydrogen-bond donors (Lipinski definition) is 1. The fraction of sp³-hybridized carbons (Fsp3) is 0.0909. The van der Waals surface area contributed by atoms with E-state index in [4.69, 9.17) is 5.73 Å². The smallest absolute Gasteiger partial charge is 0.206 e. The van der Waals surface area contributed by atoms with Gasteiger partial charge in [0.2, 0.25) is 5.95 Å². The number of halogens is 2. The van der Waals surface area contributed by atoms with Gasteiger partial charge >= 0.3 is 0 Å². The maximum absolute atomic E-state index is 13.4. The van der Waals surface area contributed by atoms with Crippen molar-refractivity contribution < 1.29 is 4.39 Å². The van der Waals surface area contributed by atoms with Crippen LogP contribution in [0.4, 0.5) is 10.3 Å². The highest BCUT2D eigenvalue weighted by Gasteiger charge is 2.13. The van der Waals surface area contributed by atoms with E-state index in [-0.39, 0.29) is 5.82 Å². The Bertz CT molecular complexity index is 745. The molecular formula is C11H9BrFN5. The van der Waals surface area contributed by atoms with Gasteiger partial charge in [-0.2, -0.15) is 5.10 Å². The highest BCUT2D eigenvalue weighted by Crippen LogP contribution is 2.27. The molecule has 0 fully saturated rings. The van der Waals surface area contributed by atoms with Gasteiger partial charge in [0.1, 0.15) is 5.82 Å². The molecule has 0 aliphatic rings. The van der Waals surface area contributed by atoms with Crippen LogP contribution >= 0.6 is 15.9 Å². The molecule has 2 N–H and O–H groups in total. The molecule has 5 nitrogen and oxygen atoms in total. The molecule has 0 amide bonds. The molecule has 0 atom stereocenters. The quantitative estimate of drug-likeness (QED) is 0.750. The van der Waals surface area contributed by atoms with Gasteiger partial charge in [-0.3, -0.25) is 9.25 Å². The number of fused-ring (bicyclic) bond motifs is 1. The minimum absolute atomic E-state index is 0.301. The predicted octanol–water partition coefficient (Wildman–Crippen LogP) is 2.24.